The molecule has 3 rings (SSSR count). The maximum absolute atomic E-state index is 12.7. The third kappa shape index (κ3) is 3.64. The van der Waals surface area contributed by atoms with E-state index < -0.39 is 10.0 Å². The number of aryl methyl sites for hydroxylation is 1. The smallest absolute Gasteiger partial charge is 0.255 e. The zero-order chi connectivity index (χ0) is 18.0. The predicted octanol–water partition coefficient (Wildman–Crippen LogP) is 0.830. The molecule has 0 radical (unpaired) electrons. The van der Waals surface area contributed by atoms with Crippen LogP contribution in [0.1, 0.15) is 15.9 Å². The van der Waals surface area contributed by atoms with Crippen molar-refractivity contribution in [3.05, 3.63) is 64.1 Å². The van der Waals surface area contributed by atoms with Gasteiger partial charge in [-0.25, -0.2) is 8.42 Å². The van der Waals surface area contributed by atoms with Crippen molar-refractivity contribution in [3.63, 3.8) is 0 Å². The van der Waals surface area contributed by atoms with Crippen molar-refractivity contribution in [2.75, 3.05) is 26.2 Å². The number of pyridine rings is 1. The lowest BCUT2D eigenvalue weighted by molar-refractivity contribution is 0.0697. The lowest BCUT2D eigenvalue weighted by Gasteiger charge is -2.34. The number of hydrogen-bond donors (Lipinski definition) is 1. The monoisotopic (exact) mass is 361 g/mol. The van der Waals surface area contributed by atoms with Gasteiger partial charge in [0.2, 0.25) is 15.6 Å². The lowest BCUT2D eigenvalue weighted by atomic mass is 10.2. The highest BCUT2D eigenvalue weighted by Gasteiger charge is 2.30. The van der Waals surface area contributed by atoms with Crippen LogP contribution in [0.25, 0.3) is 0 Å². The summed E-state index contributed by atoms with van der Waals surface area (Å²) in [5.74, 6) is -0.219. The van der Waals surface area contributed by atoms with E-state index in [2.05, 4.69) is 4.98 Å². The first-order valence-electron chi connectivity index (χ1n) is 7.93. The lowest BCUT2D eigenvalue weighted by Crippen LogP contribution is -2.50. The summed E-state index contributed by atoms with van der Waals surface area (Å²) in [4.78, 5) is 27.8. The largest absolute Gasteiger partial charge is 0.336 e. The summed E-state index contributed by atoms with van der Waals surface area (Å²) in [7, 11) is -3.55. The molecule has 1 amide bonds. The second-order valence-electron chi connectivity index (χ2n) is 5.95. The van der Waals surface area contributed by atoms with Crippen molar-refractivity contribution >= 4 is 15.9 Å². The van der Waals surface area contributed by atoms with Crippen molar-refractivity contribution < 1.29 is 13.2 Å². The Morgan fingerprint density at radius 3 is 2.20 bits per heavy atom. The van der Waals surface area contributed by atoms with Crippen molar-refractivity contribution in [1.29, 1.82) is 0 Å². The fraction of sp³-hybridized carbons (Fsp3) is 0.294. The van der Waals surface area contributed by atoms with Gasteiger partial charge >= 0.3 is 0 Å². The molecule has 25 heavy (non-hydrogen) atoms. The Balaban J connectivity index is 1.69. The van der Waals surface area contributed by atoms with Gasteiger partial charge in [0.1, 0.15) is 0 Å². The summed E-state index contributed by atoms with van der Waals surface area (Å²) in [6, 6.07) is 9.50. The van der Waals surface area contributed by atoms with Crippen LogP contribution in [0.5, 0.6) is 0 Å². The van der Waals surface area contributed by atoms with E-state index >= 15 is 0 Å². The van der Waals surface area contributed by atoms with E-state index in [1.807, 2.05) is 6.92 Å². The Hall–Kier alpha value is -2.45. The molecular weight excluding hydrogens is 342 g/mol. The number of amides is 1. The van der Waals surface area contributed by atoms with Gasteiger partial charge < -0.3 is 9.88 Å². The van der Waals surface area contributed by atoms with E-state index in [4.69, 9.17) is 0 Å². The maximum atomic E-state index is 12.7. The van der Waals surface area contributed by atoms with Gasteiger partial charge in [0, 0.05) is 38.4 Å². The van der Waals surface area contributed by atoms with E-state index in [1.54, 1.807) is 29.2 Å². The molecule has 0 atom stereocenters. The first kappa shape index (κ1) is 17.4. The molecule has 0 saturated carbocycles. The summed E-state index contributed by atoms with van der Waals surface area (Å²) in [5, 5.41) is 0. The number of carbonyl (C=O) groups excluding carboxylic acids is 1. The van der Waals surface area contributed by atoms with Crippen LogP contribution in [0.3, 0.4) is 0 Å². The summed E-state index contributed by atoms with van der Waals surface area (Å²) < 4.78 is 26.7. The van der Waals surface area contributed by atoms with Crippen molar-refractivity contribution in [2.24, 2.45) is 0 Å². The number of carbonyl (C=O) groups is 1. The van der Waals surface area contributed by atoms with Gasteiger partial charge in [0.25, 0.3) is 5.91 Å². The molecule has 0 aliphatic carbocycles. The van der Waals surface area contributed by atoms with Crippen LogP contribution in [0.15, 0.2) is 52.3 Å². The third-order valence-corrected chi connectivity index (χ3v) is 6.13. The Kier molecular flexibility index (Phi) is 4.73. The zero-order valence-electron chi connectivity index (χ0n) is 13.8. The van der Waals surface area contributed by atoms with Crippen LogP contribution < -0.4 is 5.56 Å². The quantitative estimate of drug-likeness (QED) is 0.877. The highest BCUT2D eigenvalue weighted by molar-refractivity contribution is 7.89. The number of benzene rings is 1. The van der Waals surface area contributed by atoms with Gasteiger partial charge in [-0.15, -0.1) is 0 Å². The molecular formula is C17H19N3O4S. The van der Waals surface area contributed by atoms with Crippen LogP contribution in [0.2, 0.25) is 0 Å². The second-order valence-corrected chi connectivity index (χ2v) is 7.89. The standard InChI is InChI=1S/C17H19N3O4S/c1-13-2-5-15(6-3-13)25(23,24)20-10-8-19(9-11-20)17(22)14-4-7-16(21)18-12-14/h2-7,12H,8-11H2,1H3,(H,18,21). The Morgan fingerprint density at radius 2 is 1.64 bits per heavy atom. The van der Waals surface area contributed by atoms with Crippen LogP contribution >= 0.6 is 0 Å². The van der Waals surface area contributed by atoms with Gasteiger partial charge in [-0.1, -0.05) is 17.7 Å². The van der Waals surface area contributed by atoms with Gasteiger partial charge in [0.15, 0.2) is 0 Å². The number of aromatic nitrogens is 1. The van der Waals surface area contributed by atoms with Crippen molar-refractivity contribution in [2.45, 2.75) is 11.8 Å². The summed E-state index contributed by atoms with van der Waals surface area (Å²) >= 11 is 0. The van der Waals surface area contributed by atoms with E-state index in [1.165, 1.54) is 22.6 Å². The normalized spacial score (nSPS) is 16.0. The van der Waals surface area contributed by atoms with Crippen LogP contribution in [0.4, 0.5) is 0 Å². The molecule has 0 bridgehead atoms. The second kappa shape index (κ2) is 6.81. The van der Waals surface area contributed by atoms with Crippen LogP contribution in [-0.4, -0.2) is 54.7 Å². The molecule has 2 aromatic rings. The van der Waals surface area contributed by atoms with E-state index in [0.717, 1.165) is 5.56 Å². The zero-order valence-corrected chi connectivity index (χ0v) is 14.6. The average Bonchev–Trinajstić information content (AvgIpc) is 2.62. The first-order valence-corrected chi connectivity index (χ1v) is 9.37. The summed E-state index contributed by atoms with van der Waals surface area (Å²) in [6.07, 6.45) is 1.38. The van der Waals surface area contributed by atoms with E-state index in [-0.39, 0.29) is 29.5 Å². The highest BCUT2D eigenvalue weighted by Crippen LogP contribution is 2.18. The molecule has 0 spiro atoms. The number of sulfonamides is 1. The molecule has 1 saturated heterocycles. The fourth-order valence-corrected chi connectivity index (χ4v) is 4.14. The Bertz CT molecular complexity index is 907. The number of piperazine rings is 1. The molecule has 7 nitrogen and oxygen atoms in total. The SMILES string of the molecule is Cc1ccc(S(=O)(=O)N2CCN(C(=O)c3ccc(=O)[nH]c3)CC2)cc1. The van der Waals surface area contributed by atoms with Gasteiger partial charge in [-0.05, 0) is 25.1 Å². The molecule has 1 aliphatic heterocycles. The fourth-order valence-electron chi connectivity index (χ4n) is 2.72. The molecule has 8 heteroatoms. The minimum Gasteiger partial charge on any atom is -0.336 e. The number of H-pyrrole nitrogens is 1. The first-order chi connectivity index (χ1) is 11.9. The maximum Gasteiger partial charge on any atom is 0.255 e. The number of nitrogens with zero attached hydrogens (tertiary/aromatic N) is 2. The number of hydrogen-bond acceptors (Lipinski definition) is 4. The van der Waals surface area contributed by atoms with Crippen molar-refractivity contribution in [1.82, 2.24) is 14.2 Å². The molecule has 132 valence electrons. The molecule has 1 aromatic carbocycles. The van der Waals surface area contributed by atoms with Gasteiger partial charge in [-0.3, -0.25) is 9.59 Å². The molecule has 1 N–H and O–H groups in total. The van der Waals surface area contributed by atoms with E-state index in [9.17, 15) is 18.0 Å². The minimum absolute atomic E-state index is 0.219. The Labute approximate surface area is 145 Å². The van der Waals surface area contributed by atoms with Gasteiger partial charge in [-0.2, -0.15) is 4.31 Å². The minimum atomic E-state index is -3.55. The average molecular weight is 361 g/mol. The predicted molar refractivity (Wildman–Crippen MR) is 92.9 cm³/mol. The molecule has 2 heterocycles. The molecule has 0 unspecified atom stereocenters. The Morgan fingerprint density at radius 1 is 1.00 bits per heavy atom. The van der Waals surface area contributed by atoms with Gasteiger partial charge in [0.05, 0.1) is 10.5 Å². The van der Waals surface area contributed by atoms with E-state index in [0.29, 0.717) is 18.7 Å². The van der Waals surface area contributed by atoms with Crippen LogP contribution in [0, 0.1) is 6.92 Å². The highest BCUT2D eigenvalue weighted by atomic mass is 32.2. The summed E-state index contributed by atoms with van der Waals surface area (Å²) in [5.41, 5.74) is 1.11. The molecule has 1 aliphatic rings. The number of aromatic amines is 1. The van der Waals surface area contributed by atoms with Crippen LogP contribution in [-0.2, 0) is 10.0 Å². The third-order valence-electron chi connectivity index (χ3n) is 4.22. The molecule has 1 fully saturated rings. The van der Waals surface area contributed by atoms with Crippen molar-refractivity contribution in [3.8, 4) is 0 Å². The number of rotatable bonds is 3. The topological polar surface area (TPSA) is 90.6 Å². The number of nitrogens with one attached hydrogen (secondary N) is 1. The summed E-state index contributed by atoms with van der Waals surface area (Å²) in [6.45, 7) is 3.00. The molecule has 1 aromatic heterocycles.